The summed E-state index contributed by atoms with van der Waals surface area (Å²) in [4.78, 5) is 30.2. The number of pyridine rings is 1. The fourth-order valence-corrected chi connectivity index (χ4v) is 3.17. The molecule has 2 saturated heterocycles. The number of cyclic esters (lactones) is 1. The second-order valence-corrected chi connectivity index (χ2v) is 5.82. The third-order valence-corrected chi connectivity index (χ3v) is 4.38. The molecule has 1 aromatic rings. The zero-order chi connectivity index (χ0) is 17.1. The topological polar surface area (TPSA) is 113 Å². The molecule has 0 unspecified atom stereocenters. The lowest BCUT2D eigenvalue weighted by atomic mass is 10.0. The quantitative estimate of drug-likeness (QED) is 0.611. The summed E-state index contributed by atoms with van der Waals surface area (Å²) in [7, 11) is 0. The Bertz CT molecular complexity index is 694. The van der Waals surface area contributed by atoms with Gasteiger partial charge in [0.25, 0.3) is 0 Å². The van der Waals surface area contributed by atoms with E-state index in [-0.39, 0.29) is 29.2 Å². The third-order valence-electron chi connectivity index (χ3n) is 4.38. The summed E-state index contributed by atoms with van der Waals surface area (Å²) in [5.74, 6) is 0.277. The van der Waals surface area contributed by atoms with Crippen LogP contribution >= 0.6 is 0 Å². The first-order valence-electron chi connectivity index (χ1n) is 7.83. The monoisotopic (exact) mass is 331 g/mol. The first-order chi connectivity index (χ1) is 11.6. The van der Waals surface area contributed by atoms with E-state index in [1.165, 1.54) is 12.3 Å². The van der Waals surface area contributed by atoms with Gasteiger partial charge in [0, 0.05) is 37.9 Å². The number of nitriles is 1. The number of hydrogen-bond donors (Lipinski definition) is 0. The molecule has 3 rings (SSSR count). The molecule has 2 aliphatic rings. The highest BCUT2D eigenvalue weighted by molar-refractivity contribution is 5.68. The molecule has 0 bridgehead atoms. The smallest absolute Gasteiger partial charge is 0.410 e. The summed E-state index contributed by atoms with van der Waals surface area (Å²) in [5.41, 5.74) is 0.00119. The standard InChI is InChI=1S/C15H17N5O4/c16-9-11-8-13(20(22)23)14(17-10-11)18-5-2-12(3-6-18)19-4-1-7-24-15(19)21/h8,10,12H,1-7H2. The molecular weight excluding hydrogens is 314 g/mol. The molecule has 0 atom stereocenters. The van der Waals surface area contributed by atoms with Gasteiger partial charge >= 0.3 is 11.8 Å². The Kier molecular flexibility index (Phi) is 4.46. The second kappa shape index (κ2) is 6.70. The van der Waals surface area contributed by atoms with Crippen LogP contribution in [-0.2, 0) is 4.74 Å². The van der Waals surface area contributed by atoms with E-state index in [0.29, 0.717) is 39.1 Å². The predicted octanol–water partition coefficient (Wildman–Crippen LogP) is 1.67. The highest BCUT2D eigenvalue weighted by Gasteiger charge is 2.32. The molecule has 9 nitrogen and oxygen atoms in total. The van der Waals surface area contributed by atoms with Crippen molar-refractivity contribution in [2.24, 2.45) is 0 Å². The van der Waals surface area contributed by atoms with Crippen molar-refractivity contribution in [3.8, 4) is 6.07 Å². The predicted molar refractivity (Wildman–Crippen MR) is 83.5 cm³/mol. The zero-order valence-corrected chi connectivity index (χ0v) is 13.1. The van der Waals surface area contributed by atoms with Crippen LogP contribution in [0.3, 0.4) is 0 Å². The average Bonchev–Trinajstić information content (AvgIpc) is 2.62. The van der Waals surface area contributed by atoms with E-state index in [1.807, 2.05) is 11.0 Å². The van der Waals surface area contributed by atoms with Crippen molar-refractivity contribution in [2.45, 2.75) is 25.3 Å². The largest absolute Gasteiger partial charge is 0.449 e. The number of ether oxygens (including phenoxy) is 1. The van der Waals surface area contributed by atoms with Crippen LogP contribution in [0.4, 0.5) is 16.3 Å². The molecule has 126 valence electrons. The normalized spacial score (nSPS) is 18.9. The van der Waals surface area contributed by atoms with E-state index >= 15 is 0 Å². The summed E-state index contributed by atoms with van der Waals surface area (Å²) in [5, 5.41) is 20.1. The number of rotatable bonds is 3. The molecule has 0 radical (unpaired) electrons. The molecule has 0 aromatic carbocycles. The molecule has 2 aliphatic heterocycles. The Labute approximate surface area is 138 Å². The van der Waals surface area contributed by atoms with Crippen LogP contribution in [-0.4, -0.2) is 53.2 Å². The van der Waals surface area contributed by atoms with Gasteiger partial charge < -0.3 is 14.5 Å². The Hall–Kier alpha value is -2.89. The lowest BCUT2D eigenvalue weighted by Crippen LogP contribution is -2.50. The van der Waals surface area contributed by atoms with E-state index in [1.54, 1.807) is 4.90 Å². The van der Waals surface area contributed by atoms with Crippen LogP contribution in [0, 0.1) is 21.4 Å². The van der Waals surface area contributed by atoms with Gasteiger partial charge in [0.1, 0.15) is 6.07 Å². The summed E-state index contributed by atoms with van der Waals surface area (Å²) in [6.07, 6.45) is 3.30. The number of aromatic nitrogens is 1. The Morgan fingerprint density at radius 3 is 2.75 bits per heavy atom. The van der Waals surface area contributed by atoms with E-state index in [4.69, 9.17) is 10.00 Å². The van der Waals surface area contributed by atoms with Crippen LogP contribution < -0.4 is 4.90 Å². The number of anilines is 1. The summed E-state index contributed by atoms with van der Waals surface area (Å²) >= 11 is 0. The average molecular weight is 331 g/mol. The lowest BCUT2D eigenvalue weighted by Gasteiger charge is -2.39. The highest BCUT2D eigenvalue weighted by atomic mass is 16.6. The number of amides is 1. The maximum absolute atomic E-state index is 11.8. The van der Waals surface area contributed by atoms with E-state index < -0.39 is 4.92 Å². The van der Waals surface area contributed by atoms with Gasteiger partial charge in [-0.1, -0.05) is 0 Å². The van der Waals surface area contributed by atoms with Crippen molar-refractivity contribution in [1.82, 2.24) is 9.88 Å². The Morgan fingerprint density at radius 1 is 1.38 bits per heavy atom. The number of nitro groups is 1. The van der Waals surface area contributed by atoms with Crippen molar-refractivity contribution in [1.29, 1.82) is 5.26 Å². The number of nitrogens with zero attached hydrogens (tertiary/aromatic N) is 5. The summed E-state index contributed by atoms with van der Waals surface area (Å²) < 4.78 is 5.07. The molecule has 1 aromatic heterocycles. The minimum absolute atomic E-state index is 0.0893. The van der Waals surface area contributed by atoms with Crippen molar-refractivity contribution < 1.29 is 14.5 Å². The number of piperidine rings is 1. The molecule has 24 heavy (non-hydrogen) atoms. The molecule has 0 spiro atoms. The van der Waals surface area contributed by atoms with E-state index in [0.717, 1.165) is 6.42 Å². The van der Waals surface area contributed by atoms with E-state index in [2.05, 4.69) is 4.98 Å². The minimum atomic E-state index is -0.517. The second-order valence-electron chi connectivity index (χ2n) is 5.82. The number of hydrogen-bond acceptors (Lipinski definition) is 7. The van der Waals surface area contributed by atoms with Gasteiger partial charge in [-0.3, -0.25) is 10.1 Å². The van der Waals surface area contributed by atoms with Gasteiger partial charge in [0.05, 0.1) is 17.1 Å². The molecule has 3 heterocycles. The lowest BCUT2D eigenvalue weighted by molar-refractivity contribution is -0.384. The van der Waals surface area contributed by atoms with Crippen LogP contribution in [0.1, 0.15) is 24.8 Å². The van der Waals surface area contributed by atoms with Crippen LogP contribution in [0.5, 0.6) is 0 Å². The molecule has 0 saturated carbocycles. The first-order valence-corrected chi connectivity index (χ1v) is 7.83. The third kappa shape index (κ3) is 3.08. The first kappa shape index (κ1) is 16.0. The fraction of sp³-hybridized carbons (Fsp3) is 0.533. The van der Waals surface area contributed by atoms with E-state index in [9.17, 15) is 14.9 Å². The van der Waals surface area contributed by atoms with Crippen molar-refractivity contribution in [3.63, 3.8) is 0 Å². The van der Waals surface area contributed by atoms with Gasteiger partial charge in [-0.05, 0) is 19.3 Å². The van der Waals surface area contributed by atoms with Crippen LogP contribution in [0.2, 0.25) is 0 Å². The van der Waals surface area contributed by atoms with Crippen molar-refractivity contribution >= 4 is 17.6 Å². The van der Waals surface area contributed by atoms with Gasteiger partial charge in [0.2, 0.25) is 5.82 Å². The van der Waals surface area contributed by atoms with Crippen LogP contribution in [0.15, 0.2) is 12.3 Å². The molecule has 0 aliphatic carbocycles. The van der Waals surface area contributed by atoms with Gasteiger partial charge in [-0.25, -0.2) is 9.78 Å². The Balaban J connectivity index is 1.72. The van der Waals surface area contributed by atoms with Gasteiger partial charge in [-0.2, -0.15) is 5.26 Å². The fourth-order valence-electron chi connectivity index (χ4n) is 3.17. The molecule has 0 N–H and O–H groups in total. The number of carbonyl (C=O) groups is 1. The zero-order valence-electron chi connectivity index (χ0n) is 13.1. The summed E-state index contributed by atoms with van der Waals surface area (Å²) in [6.45, 7) is 2.29. The molecular formula is C15H17N5O4. The SMILES string of the molecule is N#Cc1cnc(N2CCC(N3CCCOC3=O)CC2)c([N+](=O)[O-])c1. The maximum atomic E-state index is 11.8. The minimum Gasteiger partial charge on any atom is -0.449 e. The van der Waals surface area contributed by atoms with Crippen molar-refractivity contribution in [2.75, 3.05) is 31.1 Å². The van der Waals surface area contributed by atoms with Gasteiger partial charge in [-0.15, -0.1) is 0 Å². The molecule has 2 fully saturated rings. The number of carbonyl (C=O) groups excluding carboxylic acids is 1. The Morgan fingerprint density at radius 2 is 2.12 bits per heavy atom. The van der Waals surface area contributed by atoms with Gasteiger partial charge in [0.15, 0.2) is 0 Å². The maximum Gasteiger partial charge on any atom is 0.410 e. The molecule has 1 amide bonds. The molecule has 9 heteroatoms. The van der Waals surface area contributed by atoms with Crippen molar-refractivity contribution in [3.05, 3.63) is 27.9 Å². The highest BCUT2D eigenvalue weighted by Crippen LogP contribution is 2.30. The summed E-state index contributed by atoms with van der Waals surface area (Å²) in [6, 6.07) is 3.20. The van der Waals surface area contributed by atoms with Crippen LogP contribution in [0.25, 0.3) is 0 Å².